The fourth-order valence-electron chi connectivity index (χ4n) is 2.78. The van der Waals surface area contributed by atoms with Crippen molar-refractivity contribution < 1.29 is 14.6 Å². The first kappa shape index (κ1) is 16.2. The maximum atomic E-state index is 12.9. The third-order valence-electron chi connectivity index (χ3n) is 3.83. The van der Waals surface area contributed by atoms with Crippen LogP contribution >= 0.6 is 11.8 Å². The van der Waals surface area contributed by atoms with Gasteiger partial charge < -0.3 is 14.8 Å². The molecular formula is C16H17FN2O3S. The Hall–Kier alpha value is -1.70. The first-order valence-corrected chi connectivity index (χ1v) is 8.39. The Kier molecular flexibility index (Phi) is 4.79. The molecule has 1 aromatic heterocycles. The van der Waals surface area contributed by atoms with E-state index in [4.69, 9.17) is 0 Å². The summed E-state index contributed by atoms with van der Waals surface area (Å²) in [6.07, 6.45) is 0.796. The van der Waals surface area contributed by atoms with Gasteiger partial charge in [-0.05, 0) is 37.0 Å². The van der Waals surface area contributed by atoms with Crippen LogP contribution in [-0.4, -0.2) is 26.1 Å². The van der Waals surface area contributed by atoms with E-state index in [0.29, 0.717) is 22.9 Å². The molecule has 1 aliphatic rings. The van der Waals surface area contributed by atoms with Gasteiger partial charge >= 0.3 is 0 Å². The number of hydrogen-bond donors (Lipinski definition) is 2. The zero-order chi connectivity index (χ0) is 16.4. The number of aliphatic hydroxyl groups excluding tert-OH is 1. The largest absolute Gasteiger partial charge is 0.367 e. The second-order valence-corrected chi connectivity index (χ2v) is 6.43. The maximum absolute atomic E-state index is 12.9. The third kappa shape index (κ3) is 3.63. The van der Waals surface area contributed by atoms with Gasteiger partial charge in [-0.25, -0.2) is 4.39 Å². The van der Waals surface area contributed by atoms with Crippen LogP contribution in [0.4, 0.5) is 4.39 Å². The summed E-state index contributed by atoms with van der Waals surface area (Å²) in [6, 6.07) is 6.13. The Bertz CT molecular complexity index is 759. The molecule has 0 amide bonds. The van der Waals surface area contributed by atoms with Crippen molar-refractivity contribution in [3.05, 3.63) is 57.3 Å². The average molecular weight is 336 g/mol. The molecule has 122 valence electrons. The molecule has 1 heterocycles. The van der Waals surface area contributed by atoms with Crippen LogP contribution in [0.15, 0.2) is 34.2 Å². The summed E-state index contributed by atoms with van der Waals surface area (Å²) in [4.78, 5) is 16.2. The normalized spacial score (nSPS) is 13.6. The molecule has 0 saturated heterocycles. The molecule has 23 heavy (non-hydrogen) atoms. The Morgan fingerprint density at radius 3 is 2.70 bits per heavy atom. The highest BCUT2D eigenvalue weighted by molar-refractivity contribution is 7.98. The van der Waals surface area contributed by atoms with Crippen molar-refractivity contribution in [1.82, 2.24) is 9.55 Å². The van der Waals surface area contributed by atoms with E-state index in [2.05, 4.69) is 4.98 Å². The summed E-state index contributed by atoms with van der Waals surface area (Å²) in [6.45, 7) is -0.0125. The van der Waals surface area contributed by atoms with Gasteiger partial charge in [-0.3, -0.25) is 4.79 Å². The number of thioether (sulfide) groups is 1. The molecule has 0 spiro atoms. The standard InChI is InChI=1S/C16H17FN2O3S/c17-11-6-4-10(5-7-11)9-23-16-18-15(22)12-2-1-3-13(12)19(16)8-14(20)21/h4-7,14,20-21H,1-3,8-9H2. The lowest BCUT2D eigenvalue weighted by molar-refractivity contribution is -0.0536. The number of rotatable bonds is 5. The Balaban J connectivity index is 1.89. The van der Waals surface area contributed by atoms with Crippen molar-refractivity contribution in [2.24, 2.45) is 0 Å². The molecule has 3 rings (SSSR count). The summed E-state index contributed by atoms with van der Waals surface area (Å²) < 4.78 is 14.7. The van der Waals surface area contributed by atoms with E-state index in [-0.39, 0.29) is 17.9 Å². The van der Waals surface area contributed by atoms with Gasteiger partial charge in [0.15, 0.2) is 11.4 Å². The summed E-state index contributed by atoms with van der Waals surface area (Å²) in [7, 11) is 0. The minimum Gasteiger partial charge on any atom is -0.367 e. The third-order valence-corrected chi connectivity index (χ3v) is 4.88. The lowest BCUT2D eigenvalue weighted by Gasteiger charge is -2.17. The fraction of sp³-hybridized carbons (Fsp3) is 0.375. The molecule has 0 unspecified atom stereocenters. The van der Waals surface area contributed by atoms with Crippen LogP contribution in [0.25, 0.3) is 0 Å². The first-order valence-electron chi connectivity index (χ1n) is 7.40. The van der Waals surface area contributed by atoms with Crippen LogP contribution in [0.5, 0.6) is 0 Å². The van der Waals surface area contributed by atoms with Gasteiger partial charge in [-0.15, -0.1) is 0 Å². The molecule has 0 atom stereocenters. The number of nitrogens with zero attached hydrogens (tertiary/aromatic N) is 2. The fourth-order valence-corrected chi connectivity index (χ4v) is 3.75. The quantitative estimate of drug-likeness (QED) is 0.491. The van der Waals surface area contributed by atoms with Gasteiger partial charge in [-0.1, -0.05) is 23.9 Å². The first-order chi connectivity index (χ1) is 11.0. The number of aromatic nitrogens is 2. The van der Waals surface area contributed by atoms with Crippen LogP contribution in [-0.2, 0) is 25.1 Å². The minimum atomic E-state index is -1.51. The van der Waals surface area contributed by atoms with E-state index in [1.807, 2.05) is 0 Å². The lowest BCUT2D eigenvalue weighted by atomic mass is 10.2. The molecule has 5 nitrogen and oxygen atoms in total. The molecule has 0 bridgehead atoms. The Morgan fingerprint density at radius 2 is 2.00 bits per heavy atom. The number of halogens is 1. The minimum absolute atomic E-state index is 0.0125. The van der Waals surface area contributed by atoms with Gasteiger partial charge in [0.25, 0.3) is 5.56 Å². The smallest absolute Gasteiger partial charge is 0.277 e. The topological polar surface area (TPSA) is 75.4 Å². The van der Waals surface area contributed by atoms with Crippen LogP contribution in [0, 0.1) is 5.82 Å². The van der Waals surface area contributed by atoms with Crippen molar-refractivity contribution in [3.8, 4) is 0 Å². The highest BCUT2D eigenvalue weighted by atomic mass is 32.2. The molecule has 7 heteroatoms. The van der Waals surface area contributed by atoms with Crippen LogP contribution in [0.1, 0.15) is 23.2 Å². The van der Waals surface area contributed by atoms with E-state index in [9.17, 15) is 19.4 Å². The summed E-state index contributed by atoms with van der Waals surface area (Å²) >= 11 is 1.34. The molecule has 2 N–H and O–H groups in total. The SMILES string of the molecule is O=c1nc(SCc2ccc(F)cc2)n(CC(O)O)c2c1CCC2. The molecule has 1 aliphatic carbocycles. The average Bonchev–Trinajstić information content (AvgIpc) is 3.00. The number of hydrogen-bond acceptors (Lipinski definition) is 5. The number of fused-ring (bicyclic) bond motifs is 1. The molecule has 2 aromatic rings. The predicted molar refractivity (Wildman–Crippen MR) is 84.7 cm³/mol. The second kappa shape index (κ2) is 6.82. The Morgan fingerprint density at radius 1 is 1.26 bits per heavy atom. The van der Waals surface area contributed by atoms with Crippen molar-refractivity contribution in [3.63, 3.8) is 0 Å². The zero-order valence-corrected chi connectivity index (χ0v) is 13.2. The van der Waals surface area contributed by atoms with Gasteiger partial charge in [0.2, 0.25) is 0 Å². The molecule has 0 fully saturated rings. The van der Waals surface area contributed by atoms with Gasteiger partial charge in [0.1, 0.15) is 5.82 Å². The maximum Gasteiger partial charge on any atom is 0.277 e. The van der Waals surface area contributed by atoms with E-state index in [1.54, 1.807) is 16.7 Å². The predicted octanol–water partition coefficient (Wildman–Crippen LogP) is 1.47. The van der Waals surface area contributed by atoms with Crippen LogP contribution in [0.3, 0.4) is 0 Å². The van der Waals surface area contributed by atoms with E-state index >= 15 is 0 Å². The van der Waals surface area contributed by atoms with E-state index in [1.165, 1.54) is 23.9 Å². The van der Waals surface area contributed by atoms with Crippen molar-refractivity contribution in [2.45, 2.75) is 43.0 Å². The summed E-state index contributed by atoms with van der Waals surface area (Å²) in [5, 5.41) is 19.1. The highest BCUT2D eigenvalue weighted by Crippen LogP contribution is 2.26. The van der Waals surface area contributed by atoms with Crippen molar-refractivity contribution in [1.29, 1.82) is 0 Å². The molecule has 1 aromatic carbocycles. The number of aliphatic hydroxyl groups is 2. The monoisotopic (exact) mass is 336 g/mol. The zero-order valence-electron chi connectivity index (χ0n) is 12.4. The van der Waals surface area contributed by atoms with Gasteiger partial charge in [0, 0.05) is 17.0 Å². The lowest BCUT2D eigenvalue weighted by Crippen LogP contribution is -2.25. The molecule has 0 saturated carbocycles. The molecule has 0 radical (unpaired) electrons. The molecular weight excluding hydrogens is 319 g/mol. The second-order valence-electron chi connectivity index (χ2n) is 5.48. The van der Waals surface area contributed by atoms with Gasteiger partial charge in [-0.2, -0.15) is 4.98 Å². The summed E-state index contributed by atoms with van der Waals surface area (Å²) in [5.41, 5.74) is 2.20. The van der Waals surface area contributed by atoms with E-state index in [0.717, 1.165) is 24.1 Å². The van der Waals surface area contributed by atoms with E-state index < -0.39 is 6.29 Å². The Labute approximate surface area is 136 Å². The van der Waals surface area contributed by atoms with Crippen molar-refractivity contribution >= 4 is 11.8 Å². The van der Waals surface area contributed by atoms with Crippen molar-refractivity contribution in [2.75, 3.05) is 0 Å². The van der Waals surface area contributed by atoms with Gasteiger partial charge in [0.05, 0.1) is 6.54 Å². The number of benzene rings is 1. The van der Waals surface area contributed by atoms with Crippen LogP contribution in [0.2, 0.25) is 0 Å². The highest BCUT2D eigenvalue weighted by Gasteiger charge is 2.22. The van der Waals surface area contributed by atoms with Crippen LogP contribution < -0.4 is 5.56 Å². The summed E-state index contributed by atoms with van der Waals surface area (Å²) in [5.74, 6) is 0.224. The molecule has 0 aliphatic heterocycles.